The third kappa shape index (κ3) is 2.45. The highest BCUT2D eigenvalue weighted by Crippen LogP contribution is 2.13. The second kappa shape index (κ2) is 4.41. The molecule has 2 N–H and O–H groups in total. The molecule has 0 aliphatic carbocycles. The Morgan fingerprint density at radius 2 is 2.21 bits per heavy atom. The van der Waals surface area contributed by atoms with E-state index in [-0.39, 0.29) is 24.4 Å². The van der Waals surface area contributed by atoms with E-state index in [0.29, 0.717) is 6.54 Å². The lowest BCUT2D eigenvalue weighted by Gasteiger charge is -2.39. The quantitative estimate of drug-likeness (QED) is 0.640. The number of nitrogens with zero attached hydrogens (tertiary/aromatic N) is 1. The van der Waals surface area contributed by atoms with Gasteiger partial charge in [0.05, 0.1) is 12.5 Å². The normalized spacial score (nSPS) is 27.4. The van der Waals surface area contributed by atoms with Gasteiger partial charge in [0.1, 0.15) is 0 Å². The molecule has 5 heteroatoms. The molecule has 1 saturated heterocycles. The highest BCUT2D eigenvalue weighted by molar-refractivity contribution is 5.75. The fraction of sp³-hybridized carbons (Fsp3) is 0.778. The first-order chi connectivity index (χ1) is 6.52. The van der Waals surface area contributed by atoms with Gasteiger partial charge in [0.2, 0.25) is 5.91 Å². The molecule has 0 bridgehead atoms. The van der Waals surface area contributed by atoms with Gasteiger partial charge >= 0.3 is 5.97 Å². The zero-order valence-corrected chi connectivity index (χ0v) is 8.49. The second-order valence-corrected chi connectivity index (χ2v) is 3.62. The number of piperazine rings is 1. The monoisotopic (exact) mass is 200 g/mol. The molecule has 1 heterocycles. The van der Waals surface area contributed by atoms with Crippen LogP contribution in [0.15, 0.2) is 0 Å². The smallest absolute Gasteiger partial charge is 0.305 e. The van der Waals surface area contributed by atoms with E-state index in [0.717, 1.165) is 6.54 Å². The maximum absolute atomic E-state index is 11.2. The van der Waals surface area contributed by atoms with Crippen molar-refractivity contribution in [1.29, 1.82) is 0 Å². The van der Waals surface area contributed by atoms with Crippen LogP contribution in [-0.2, 0) is 9.59 Å². The van der Waals surface area contributed by atoms with Crippen LogP contribution in [0.25, 0.3) is 0 Å². The van der Waals surface area contributed by atoms with E-state index in [1.165, 1.54) is 6.92 Å². The van der Waals surface area contributed by atoms with Crippen molar-refractivity contribution in [2.45, 2.75) is 32.4 Å². The summed E-state index contributed by atoms with van der Waals surface area (Å²) in [4.78, 5) is 23.5. The minimum atomic E-state index is -0.864. The van der Waals surface area contributed by atoms with Crippen LogP contribution >= 0.6 is 0 Å². The fourth-order valence-electron chi connectivity index (χ4n) is 1.84. The van der Waals surface area contributed by atoms with Crippen molar-refractivity contribution in [2.24, 2.45) is 0 Å². The summed E-state index contributed by atoms with van der Waals surface area (Å²) in [5, 5.41) is 11.9. The molecule has 1 amide bonds. The first-order valence-corrected chi connectivity index (χ1v) is 4.74. The molecule has 1 aliphatic rings. The maximum Gasteiger partial charge on any atom is 0.305 e. The summed E-state index contributed by atoms with van der Waals surface area (Å²) in [5.41, 5.74) is 0. The average molecular weight is 200 g/mol. The highest BCUT2D eigenvalue weighted by atomic mass is 16.4. The van der Waals surface area contributed by atoms with Gasteiger partial charge in [-0.15, -0.1) is 0 Å². The van der Waals surface area contributed by atoms with Crippen LogP contribution in [0.3, 0.4) is 0 Å². The van der Waals surface area contributed by atoms with Gasteiger partial charge in [-0.05, 0) is 6.92 Å². The maximum atomic E-state index is 11.2. The Labute approximate surface area is 83.1 Å². The number of carbonyl (C=O) groups is 2. The summed E-state index contributed by atoms with van der Waals surface area (Å²) in [5.74, 6) is -0.915. The van der Waals surface area contributed by atoms with Crippen molar-refractivity contribution < 1.29 is 14.7 Å². The molecule has 1 aliphatic heterocycles. The van der Waals surface area contributed by atoms with Crippen LogP contribution in [0.1, 0.15) is 20.3 Å². The van der Waals surface area contributed by atoms with Crippen molar-refractivity contribution in [1.82, 2.24) is 10.2 Å². The van der Waals surface area contributed by atoms with Crippen molar-refractivity contribution in [2.75, 3.05) is 13.1 Å². The van der Waals surface area contributed by atoms with E-state index >= 15 is 0 Å². The molecule has 0 aromatic heterocycles. The molecular weight excluding hydrogens is 184 g/mol. The number of nitrogens with one attached hydrogen (secondary N) is 1. The Hall–Kier alpha value is -1.10. The van der Waals surface area contributed by atoms with Crippen molar-refractivity contribution >= 4 is 11.9 Å². The van der Waals surface area contributed by atoms with Gasteiger partial charge in [0.25, 0.3) is 0 Å². The Bertz CT molecular complexity index is 242. The molecule has 0 spiro atoms. The SMILES string of the molecule is CC(=O)N1CCN[C@@H](C)[C@@H]1CC(=O)O. The van der Waals surface area contributed by atoms with Gasteiger partial charge in [-0.25, -0.2) is 0 Å². The summed E-state index contributed by atoms with van der Waals surface area (Å²) in [6.45, 7) is 4.71. The lowest BCUT2D eigenvalue weighted by atomic mass is 10.0. The lowest BCUT2D eigenvalue weighted by Crippen LogP contribution is -2.58. The Morgan fingerprint density at radius 3 is 2.71 bits per heavy atom. The molecule has 5 nitrogen and oxygen atoms in total. The minimum absolute atomic E-state index is 0.00769. The lowest BCUT2D eigenvalue weighted by molar-refractivity contribution is -0.141. The molecule has 2 atom stereocenters. The van der Waals surface area contributed by atoms with Crippen molar-refractivity contribution in [3.05, 3.63) is 0 Å². The second-order valence-electron chi connectivity index (χ2n) is 3.62. The fourth-order valence-corrected chi connectivity index (χ4v) is 1.84. The summed E-state index contributed by atoms with van der Waals surface area (Å²) >= 11 is 0. The number of aliphatic carboxylic acids is 1. The molecule has 0 radical (unpaired) electrons. The van der Waals surface area contributed by atoms with Crippen molar-refractivity contribution in [3.63, 3.8) is 0 Å². The third-order valence-electron chi connectivity index (χ3n) is 2.58. The number of amides is 1. The summed E-state index contributed by atoms with van der Waals surface area (Å²) < 4.78 is 0. The van der Waals surface area contributed by atoms with E-state index in [1.54, 1.807) is 4.90 Å². The molecule has 0 aromatic carbocycles. The van der Waals surface area contributed by atoms with E-state index in [1.807, 2.05) is 6.92 Å². The first kappa shape index (κ1) is 11.0. The summed E-state index contributed by atoms with van der Waals surface area (Å²) in [7, 11) is 0. The molecule has 14 heavy (non-hydrogen) atoms. The molecule has 0 unspecified atom stereocenters. The summed E-state index contributed by atoms with van der Waals surface area (Å²) in [6.07, 6.45) is 0.00769. The standard InChI is InChI=1S/C9H16N2O3/c1-6-8(5-9(13)14)11(7(2)12)4-3-10-6/h6,8,10H,3-5H2,1-2H3,(H,13,14)/t6-,8-/m0/s1. The van der Waals surface area contributed by atoms with Crippen LogP contribution < -0.4 is 5.32 Å². The molecule has 0 saturated carbocycles. The van der Waals surface area contributed by atoms with Gasteiger partial charge in [-0.3, -0.25) is 9.59 Å². The van der Waals surface area contributed by atoms with Crippen LogP contribution in [0.5, 0.6) is 0 Å². The van der Waals surface area contributed by atoms with Gasteiger partial charge in [-0.1, -0.05) is 0 Å². The van der Waals surface area contributed by atoms with Crippen LogP contribution in [-0.4, -0.2) is 47.1 Å². The van der Waals surface area contributed by atoms with Gasteiger partial charge in [-0.2, -0.15) is 0 Å². The van der Waals surface area contributed by atoms with E-state index in [9.17, 15) is 9.59 Å². The zero-order chi connectivity index (χ0) is 10.7. The number of carboxylic acid groups (broad SMARTS) is 1. The molecule has 1 fully saturated rings. The number of rotatable bonds is 2. The Morgan fingerprint density at radius 1 is 1.57 bits per heavy atom. The number of carboxylic acids is 1. The number of hydrogen-bond donors (Lipinski definition) is 2. The number of hydrogen-bond acceptors (Lipinski definition) is 3. The number of carbonyl (C=O) groups excluding carboxylic acids is 1. The van der Waals surface area contributed by atoms with Crippen LogP contribution in [0, 0.1) is 0 Å². The molecular formula is C9H16N2O3. The van der Waals surface area contributed by atoms with Crippen molar-refractivity contribution in [3.8, 4) is 0 Å². The molecule has 80 valence electrons. The van der Waals surface area contributed by atoms with Crippen LogP contribution in [0.4, 0.5) is 0 Å². The predicted molar refractivity (Wildman–Crippen MR) is 50.9 cm³/mol. The van der Waals surface area contributed by atoms with Crippen LogP contribution in [0.2, 0.25) is 0 Å². The third-order valence-corrected chi connectivity index (χ3v) is 2.58. The Balaban J connectivity index is 2.70. The summed E-state index contributed by atoms with van der Waals surface area (Å²) in [6, 6.07) is -0.178. The van der Waals surface area contributed by atoms with E-state index < -0.39 is 5.97 Å². The predicted octanol–water partition coefficient (Wildman–Crippen LogP) is -0.330. The Kier molecular flexibility index (Phi) is 3.46. The average Bonchev–Trinajstić information content (AvgIpc) is 2.07. The van der Waals surface area contributed by atoms with Gasteiger partial charge in [0, 0.05) is 26.1 Å². The van der Waals surface area contributed by atoms with E-state index in [4.69, 9.17) is 5.11 Å². The van der Waals surface area contributed by atoms with Gasteiger partial charge in [0.15, 0.2) is 0 Å². The largest absolute Gasteiger partial charge is 0.481 e. The van der Waals surface area contributed by atoms with Gasteiger partial charge < -0.3 is 15.3 Å². The topological polar surface area (TPSA) is 69.6 Å². The highest BCUT2D eigenvalue weighted by Gasteiger charge is 2.31. The molecule has 1 rings (SSSR count). The molecule has 0 aromatic rings. The zero-order valence-electron chi connectivity index (χ0n) is 8.49. The minimum Gasteiger partial charge on any atom is -0.481 e. The first-order valence-electron chi connectivity index (χ1n) is 4.74. The van der Waals surface area contributed by atoms with E-state index in [2.05, 4.69) is 5.32 Å².